The molecule has 0 saturated carbocycles. The molecule has 6 heteroatoms. The van der Waals surface area contributed by atoms with Crippen LogP contribution in [0.1, 0.15) is 40.6 Å². The summed E-state index contributed by atoms with van der Waals surface area (Å²) in [5.41, 5.74) is 14.5. The summed E-state index contributed by atoms with van der Waals surface area (Å²) in [4.78, 5) is 19.5. The van der Waals surface area contributed by atoms with Crippen molar-refractivity contribution in [3.05, 3.63) is 47.5 Å². The standard InChI is InChI=1S/C18H23N5O/c19-8-7-12-9-23(16-4-2-1-3-14(12)16)18(24)15-11-22-10-13(20)5-6-17(22)21-15/h1-4,11-13H,5-10,19-20H2. The molecule has 126 valence electrons. The maximum absolute atomic E-state index is 13.0. The van der Waals surface area contributed by atoms with Crippen LogP contribution in [0.4, 0.5) is 5.69 Å². The molecule has 0 spiro atoms. The lowest BCUT2D eigenvalue weighted by Crippen LogP contribution is -2.31. The van der Waals surface area contributed by atoms with Crippen LogP contribution in [-0.4, -0.2) is 34.6 Å². The first-order valence-corrected chi connectivity index (χ1v) is 8.60. The van der Waals surface area contributed by atoms with Crippen molar-refractivity contribution >= 4 is 11.6 Å². The molecule has 0 bridgehead atoms. The van der Waals surface area contributed by atoms with Crippen LogP contribution >= 0.6 is 0 Å². The molecule has 2 aliphatic heterocycles. The van der Waals surface area contributed by atoms with Crippen molar-refractivity contribution in [1.82, 2.24) is 9.55 Å². The number of amides is 1. The summed E-state index contributed by atoms with van der Waals surface area (Å²) < 4.78 is 2.03. The summed E-state index contributed by atoms with van der Waals surface area (Å²) in [5, 5.41) is 0. The number of hydrogen-bond donors (Lipinski definition) is 2. The van der Waals surface area contributed by atoms with E-state index in [1.807, 2.05) is 33.9 Å². The Morgan fingerprint density at radius 2 is 2.12 bits per heavy atom. The number of carbonyl (C=O) groups excluding carboxylic acids is 1. The van der Waals surface area contributed by atoms with E-state index < -0.39 is 0 Å². The Bertz CT molecular complexity index is 769. The molecule has 6 nitrogen and oxygen atoms in total. The van der Waals surface area contributed by atoms with Crippen molar-refractivity contribution in [3.63, 3.8) is 0 Å². The van der Waals surface area contributed by atoms with Crippen molar-refractivity contribution in [1.29, 1.82) is 0 Å². The molecule has 2 aliphatic rings. The Morgan fingerprint density at radius 1 is 1.29 bits per heavy atom. The van der Waals surface area contributed by atoms with Crippen LogP contribution in [-0.2, 0) is 13.0 Å². The number of fused-ring (bicyclic) bond motifs is 2. The fraction of sp³-hybridized carbons (Fsp3) is 0.444. The predicted octanol–water partition coefficient (Wildman–Crippen LogP) is 1.25. The number of benzene rings is 1. The Labute approximate surface area is 141 Å². The van der Waals surface area contributed by atoms with Crippen molar-refractivity contribution in [3.8, 4) is 0 Å². The van der Waals surface area contributed by atoms with Crippen molar-refractivity contribution in [2.24, 2.45) is 11.5 Å². The number of rotatable bonds is 3. The van der Waals surface area contributed by atoms with Crippen molar-refractivity contribution in [2.75, 3.05) is 18.0 Å². The van der Waals surface area contributed by atoms with Gasteiger partial charge in [-0.15, -0.1) is 0 Å². The van der Waals surface area contributed by atoms with E-state index in [0.717, 1.165) is 37.3 Å². The molecular formula is C18H23N5O. The summed E-state index contributed by atoms with van der Waals surface area (Å²) in [6, 6.07) is 8.25. The maximum Gasteiger partial charge on any atom is 0.278 e. The number of carbonyl (C=O) groups is 1. The van der Waals surface area contributed by atoms with Gasteiger partial charge in [-0.1, -0.05) is 18.2 Å². The largest absolute Gasteiger partial charge is 0.333 e. The molecule has 0 saturated heterocycles. The zero-order valence-corrected chi connectivity index (χ0v) is 13.7. The number of nitrogens with zero attached hydrogens (tertiary/aromatic N) is 3. The van der Waals surface area contributed by atoms with E-state index in [-0.39, 0.29) is 11.9 Å². The molecule has 4 N–H and O–H groups in total. The monoisotopic (exact) mass is 325 g/mol. The Balaban J connectivity index is 1.63. The van der Waals surface area contributed by atoms with Crippen LogP contribution in [0.5, 0.6) is 0 Å². The average molecular weight is 325 g/mol. The zero-order chi connectivity index (χ0) is 16.7. The van der Waals surface area contributed by atoms with Crippen LogP contribution in [0.2, 0.25) is 0 Å². The first-order valence-electron chi connectivity index (χ1n) is 8.60. The SMILES string of the molecule is NCCC1CN(C(=O)c2cn3c(n2)CCC(N)C3)c2ccccc21. The molecule has 2 atom stereocenters. The lowest BCUT2D eigenvalue weighted by atomic mass is 9.98. The second-order valence-corrected chi connectivity index (χ2v) is 6.74. The van der Waals surface area contributed by atoms with Gasteiger partial charge in [0.15, 0.2) is 0 Å². The highest BCUT2D eigenvalue weighted by Crippen LogP contribution is 2.38. The maximum atomic E-state index is 13.0. The zero-order valence-electron chi connectivity index (χ0n) is 13.7. The van der Waals surface area contributed by atoms with E-state index in [4.69, 9.17) is 11.5 Å². The van der Waals surface area contributed by atoms with Gasteiger partial charge in [0.25, 0.3) is 5.91 Å². The fourth-order valence-corrected chi connectivity index (χ4v) is 3.85. The molecule has 1 aromatic carbocycles. The molecule has 0 aliphatic carbocycles. The van der Waals surface area contributed by atoms with Gasteiger partial charge in [-0.25, -0.2) is 4.98 Å². The van der Waals surface area contributed by atoms with Gasteiger partial charge in [0, 0.05) is 43.4 Å². The highest BCUT2D eigenvalue weighted by Gasteiger charge is 2.33. The Morgan fingerprint density at radius 3 is 2.96 bits per heavy atom. The predicted molar refractivity (Wildman–Crippen MR) is 93.1 cm³/mol. The smallest absolute Gasteiger partial charge is 0.278 e. The van der Waals surface area contributed by atoms with Crippen molar-refractivity contribution < 1.29 is 4.79 Å². The number of aromatic nitrogens is 2. The first-order chi connectivity index (χ1) is 11.7. The second-order valence-electron chi connectivity index (χ2n) is 6.74. The molecule has 0 radical (unpaired) electrons. The molecular weight excluding hydrogens is 302 g/mol. The molecule has 2 aromatic rings. The van der Waals surface area contributed by atoms with Gasteiger partial charge in [-0.2, -0.15) is 0 Å². The number of aryl methyl sites for hydroxylation is 1. The third-order valence-electron chi connectivity index (χ3n) is 5.08. The van der Waals surface area contributed by atoms with E-state index >= 15 is 0 Å². The van der Waals surface area contributed by atoms with E-state index in [2.05, 4.69) is 11.1 Å². The van der Waals surface area contributed by atoms with Gasteiger partial charge in [-0.3, -0.25) is 4.79 Å². The van der Waals surface area contributed by atoms with Crippen LogP contribution in [0.25, 0.3) is 0 Å². The van der Waals surface area contributed by atoms with Crippen LogP contribution < -0.4 is 16.4 Å². The van der Waals surface area contributed by atoms with Gasteiger partial charge in [0.05, 0.1) is 0 Å². The Hall–Kier alpha value is -2.18. The highest BCUT2D eigenvalue weighted by molar-refractivity contribution is 6.06. The minimum Gasteiger partial charge on any atom is -0.333 e. The molecule has 4 rings (SSSR count). The minimum atomic E-state index is -0.0301. The normalized spacial score (nSPS) is 22.3. The lowest BCUT2D eigenvalue weighted by Gasteiger charge is -2.19. The molecule has 1 aromatic heterocycles. The number of para-hydroxylation sites is 1. The summed E-state index contributed by atoms with van der Waals surface area (Å²) in [7, 11) is 0. The van der Waals surface area contributed by atoms with Crippen LogP contribution in [0.15, 0.2) is 30.5 Å². The summed E-state index contributed by atoms with van der Waals surface area (Å²) in [5.74, 6) is 1.24. The van der Waals surface area contributed by atoms with E-state index in [1.165, 1.54) is 5.56 Å². The Kier molecular flexibility index (Phi) is 3.86. The summed E-state index contributed by atoms with van der Waals surface area (Å²) in [6.45, 7) is 2.04. The van der Waals surface area contributed by atoms with Gasteiger partial charge in [-0.05, 0) is 31.0 Å². The summed E-state index contributed by atoms with van der Waals surface area (Å²) in [6.07, 6.45) is 4.50. The van der Waals surface area contributed by atoms with Gasteiger partial charge in [0.2, 0.25) is 0 Å². The third-order valence-corrected chi connectivity index (χ3v) is 5.08. The van der Waals surface area contributed by atoms with E-state index in [9.17, 15) is 4.79 Å². The number of imidazole rings is 1. The first kappa shape index (κ1) is 15.4. The highest BCUT2D eigenvalue weighted by atomic mass is 16.2. The van der Waals surface area contributed by atoms with Crippen LogP contribution in [0.3, 0.4) is 0 Å². The van der Waals surface area contributed by atoms with E-state index in [0.29, 0.717) is 24.7 Å². The second kappa shape index (κ2) is 6.03. The van der Waals surface area contributed by atoms with Gasteiger partial charge >= 0.3 is 0 Å². The minimum absolute atomic E-state index is 0.0301. The van der Waals surface area contributed by atoms with Crippen LogP contribution in [0, 0.1) is 0 Å². The molecule has 2 unspecified atom stereocenters. The third kappa shape index (κ3) is 2.52. The number of anilines is 1. The topological polar surface area (TPSA) is 90.2 Å². The van der Waals surface area contributed by atoms with Gasteiger partial charge in [0.1, 0.15) is 11.5 Å². The van der Waals surface area contributed by atoms with Crippen molar-refractivity contribution in [2.45, 2.75) is 37.8 Å². The molecule has 1 amide bonds. The summed E-state index contributed by atoms with van der Waals surface area (Å²) >= 11 is 0. The fourth-order valence-electron chi connectivity index (χ4n) is 3.85. The number of hydrogen-bond acceptors (Lipinski definition) is 4. The molecule has 0 fully saturated rings. The van der Waals surface area contributed by atoms with E-state index in [1.54, 1.807) is 0 Å². The van der Waals surface area contributed by atoms with Gasteiger partial charge < -0.3 is 20.9 Å². The lowest BCUT2D eigenvalue weighted by molar-refractivity contribution is 0.0983. The quantitative estimate of drug-likeness (QED) is 0.888. The molecule has 24 heavy (non-hydrogen) atoms. The number of nitrogens with two attached hydrogens (primary N) is 2. The average Bonchev–Trinajstić information content (AvgIpc) is 3.16. The molecule has 3 heterocycles.